The van der Waals surface area contributed by atoms with Gasteiger partial charge in [-0.25, -0.2) is 9.78 Å². The lowest BCUT2D eigenvalue weighted by Crippen LogP contribution is -2.44. The first kappa shape index (κ1) is 20.7. The van der Waals surface area contributed by atoms with Crippen LogP contribution in [0.2, 0.25) is 0 Å². The normalized spacial score (nSPS) is 17.3. The number of amides is 3. The van der Waals surface area contributed by atoms with E-state index in [1.54, 1.807) is 36.4 Å². The Balaban J connectivity index is 1.58. The van der Waals surface area contributed by atoms with Crippen molar-refractivity contribution < 1.29 is 14.7 Å². The Bertz CT molecular complexity index is 1350. The second-order valence-electron chi connectivity index (χ2n) is 7.90. The van der Waals surface area contributed by atoms with E-state index >= 15 is 0 Å². The monoisotopic (exact) mass is 441 g/mol. The van der Waals surface area contributed by atoms with E-state index in [2.05, 4.69) is 20.6 Å². The molecule has 1 aliphatic rings. The molecule has 1 unspecified atom stereocenters. The standard InChI is InChI=1S/C25H23N5O3/c1-2-26-24(32)29-23-27-20-13-12-17(14-21(20)28-23)25(33)19-11-7-6-10-18(19)22(31)30(25)15-16-8-4-3-5-9-16/h3-14,33H,2,15H2,1H3,(H3,26,27,28,29,32). The van der Waals surface area contributed by atoms with Gasteiger partial charge in [-0.05, 0) is 30.7 Å². The number of carbonyl (C=O) groups excluding carboxylic acids is 2. The number of H-pyrrole nitrogens is 1. The van der Waals surface area contributed by atoms with Crippen LogP contribution in [-0.4, -0.2) is 38.5 Å². The summed E-state index contributed by atoms with van der Waals surface area (Å²) in [6.45, 7) is 2.57. The van der Waals surface area contributed by atoms with Crippen LogP contribution in [0.1, 0.15) is 34.0 Å². The number of aliphatic hydroxyl groups is 1. The average molecular weight is 441 g/mol. The first-order valence-electron chi connectivity index (χ1n) is 10.7. The first-order valence-corrected chi connectivity index (χ1v) is 10.7. The molecular weight excluding hydrogens is 418 g/mol. The van der Waals surface area contributed by atoms with Crippen molar-refractivity contribution in [2.75, 3.05) is 11.9 Å². The Kier molecular flexibility index (Phi) is 5.07. The van der Waals surface area contributed by atoms with Crippen molar-refractivity contribution in [1.82, 2.24) is 20.2 Å². The average Bonchev–Trinajstić information content (AvgIpc) is 3.32. The van der Waals surface area contributed by atoms with Crippen LogP contribution in [0.15, 0.2) is 72.8 Å². The molecule has 0 radical (unpaired) electrons. The molecule has 0 saturated heterocycles. The minimum Gasteiger partial charge on any atom is -0.363 e. The molecule has 0 aliphatic carbocycles. The molecule has 3 aromatic carbocycles. The number of carbonyl (C=O) groups is 2. The van der Waals surface area contributed by atoms with Crippen LogP contribution in [-0.2, 0) is 12.3 Å². The number of hydrogen-bond acceptors (Lipinski definition) is 4. The number of fused-ring (bicyclic) bond motifs is 2. The molecular formula is C25H23N5O3. The zero-order valence-corrected chi connectivity index (χ0v) is 18.0. The van der Waals surface area contributed by atoms with Crippen LogP contribution in [0.5, 0.6) is 0 Å². The molecule has 166 valence electrons. The fourth-order valence-corrected chi connectivity index (χ4v) is 4.27. The molecule has 2 heterocycles. The fraction of sp³-hybridized carbons (Fsp3) is 0.160. The highest BCUT2D eigenvalue weighted by atomic mass is 16.3. The number of aromatic nitrogens is 2. The van der Waals surface area contributed by atoms with Crippen LogP contribution in [0, 0.1) is 0 Å². The van der Waals surface area contributed by atoms with Gasteiger partial charge in [0.1, 0.15) is 0 Å². The molecule has 5 rings (SSSR count). The summed E-state index contributed by atoms with van der Waals surface area (Å²) in [5, 5.41) is 17.4. The number of nitrogens with one attached hydrogen (secondary N) is 3. The molecule has 1 aromatic heterocycles. The summed E-state index contributed by atoms with van der Waals surface area (Å²) in [6, 6.07) is 21.6. The van der Waals surface area contributed by atoms with Crippen molar-refractivity contribution in [3.05, 3.63) is 95.1 Å². The van der Waals surface area contributed by atoms with Crippen molar-refractivity contribution in [3.63, 3.8) is 0 Å². The van der Waals surface area contributed by atoms with Crippen LogP contribution < -0.4 is 10.6 Å². The lowest BCUT2D eigenvalue weighted by molar-refractivity contribution is -0.0542. The lowest BCUT2D eigenvalue weighted by atomic mass is 9.93. The SMILES string of the molecule is CCNC(=O)Nc1nc2ccc(C3(O)c4ccccc4C(=O)N3Cc3ccccc3)cc2[nH]1. The van der Waals surface area contributed by atoms with E-state index in [0.717, 1.165) is 5.56 Å². The number of nitrogens with zero attached hydrogens (tertiary/aromatic N) is 2. The molecule has 0 saturated carbocycles. The zero-order chi connectivity index (χ0) is 23.0. The van der Waals surface area contributed by atoms with Gasteiger partial charge < -0.3 is 15.4 Å². The summed E-state index contributed by atoms with van der Waals surface area (Å²) in [5.74, 6) is 0.0596. The Hall–Kier alpha value is -4.17. The fourth-order valence-electron chi connectivity index (χ4n) is 4.27. The minimum atomic E-state index is -1.66. The van der Waals surface area contributed by atoms with Gasteiger partial charge in [0.2, 0.25) is 5.95 Å². The number of rotatable bonds is 5. The third kappa shape index (κ3) is 3.50. The van der Waals surface area contributed by atoms with Gasteiger partial charge in [0.05, 0.1) is 11.0 Å². The molecule has 0 fully saturated rings. The quantitative estimate of drug-likeness (QED) is 0.380. The van der Waals surface area contributed by atoms with Gasteiger partial charge in [-0.2, -0.15) is 0 Å². The molecule has 1 aliphatic heterocycles. The van der Waals surface area contributed by atoms with Crippen molar-refractivity contribution in [1.29, 1.82) is 0 Å². The van der Waals surface area contributed by atoms with Gasteiger partial charge in [-0.15, -0.1) is 0 Å². The minimum absolute atomic E-state index is 0.236. The summed E-state index contributed by atoms with van der Waals surface area (Å²) in [5.41, 5.74) is 2.04. The largest absolute Gasteiger partial charge is 0.363 e. The van der Waals surface area contributed by atoms with E-state index in [1.807, 2.05) is 43.3 Å². The number of aromatic amines is 1. The molecule has 8 heteroatoms. The summed E-state index contributed by atoms with van der Waals surface area (Å²) in [4.78, 5) is 34.1. The van der Waals surface area contributed by atoms with Crippen LogP contribution in [0.3, 0.4) is 0 Å². The smallest absolute Gasteiger partial charge is 0.321 e. The summed E-state index contributed by atoms with van der Waals surface area (Å²) >= 11 is 0. The molecule has 3 amide bonds. The highest BCUT2D eigenvalue weighted by Gasteiger charge is 2.49. The zero-order valence-electron chi connectivity index (χ0n) is 18.0. The van der Waals surface area contributed by atoms with E-state index in [9.17, 15) is 14.7 Å². The van der Waals surface area contributed by atoms with Crippen LogP contribution in [0.25, 0.3) is 11.0 Å². The molecule has 33 heavy (non-hydrogen) atoms. The van der Waals surface area contributed by atoms with Crippen molar-refractivity contribution in [2.45, 2.75) is 19.2 Å². The van der Waals surface area contributed by atoms with Gasteiger partial charge in [0.25, 0.3) is 5.91 Å². The summed E-state index contributed by atoms with van der Waals surface area (Å²) in [6.07, 6.45) is 0. The van der Waals surface area contributed by atoms with Gasteiger partial charge in [0.15, 0.2) is 5.72 Å². The van der Waals surface area contributed by atoms with Crippen LogP contribution >= 0.6 is 0 Å². The predicted molar refractivity (Wildman–Crippen MR) is 125 cm³/mol. The molecule has 4 N–H and O–H groups in total. The molecule has 0 bridgehead atoms. The third-order valence-electron chi connectivity index (χ3n) is 5.81. The van der Waals surface area contributed by atoms with Crippen molar-refractivity contribution in [3.8, 4) is 0 Å². The Morgan fingerprint density at radius 1 is 1.09 bits per heavy atom. The van der Waals surface area contributed by atoms with E-state index < -0.39 is 5.72 Å². The number of urea groups is 1. The number of hydrogen-bond donors (Lipinski definition) is 4. The third-order valence-corrected chi connectivity index (χ3v) is 5.81. The Morgan fingerprint density at radius 3 is 2.64 bits per heavy atom. The molecule has 1 atom stereocenters. The van der Waals surface area contributed by atoms with Crippen molar-refractivity contribution >= 4 is 28.9 Å². The number of imidazole rings is 1. The number of benzene rings is 3. The van der Waals surface area contributed by atoms with Crippen molar-refractivity contribution in [2.24, 2.45) is 0 Å². The second-order valence-corrected chi connectivity index (χ2v) is 7.90. The van der Waals surface area contributed by atoms with Gasteiger partial charge >= 0.3 is 6.03 Å². The topological polar surface area (TPSA) is 110 Å². The van der Waals surface area contributed by atoms with Gasteiger partial charge in [0, 0.05) is 29.8 Å². The maximum Gasteiger partial charge on any atom is 0.321 e. The molecule has 4 aromatic rings. The summed E-state index contributed by atoms with van der Waals surface area (Å²) in [7, 11) is 0. The summed E-state index contributed by atoms with van der Waals surface area (Å²) < 4.78 is 0. The lowest BCUT2D eigenvalue weighted by Gasteiger charge is -2.35. The highest BCUT2D eigenvalue weighted by Crippen LogP contribution is 2.43. The molecule has 8 nitrogen and oxygen atoms in total. The first-order chi connectivity index (χ1) is 16.0. The van der Waals surface area contributed by atoms with E-state index in [0.29, 0.717) is 40.2 Å². The van der Waals surface area contributed by atoms with Crippen LogP contribution in [0.4, 0.5) is 10.7 Å². The van der Waals surface area contributed by atoms with Gasteiger partial charge in [-0.3, -0.25) is 15.0 Å². The Labute approximate surface area is 190 Å². The van der Waals surface area contributed by atoms with E-state index in [4.69, 9.17) is 0 Å². The maximum absolute atomic E-state index is 13.3. The maximum atomic E-state index is 13.3. The number of anilines is 1. The van der Waals surface area contributed by atoms with Gasteiger partial charge in [-0.1, -0.05) is 54.6 Å². The van der Waals surface area contributed by atoms with E-state index in [-0.39, 0.29) is 18.5 Å². The Morgan fingerprint density at radius 2 is 1.85 bits per heavy atom. The second kappa shape index (κ2) is 8.07. The van der Waals surface area contributed by atoms with E-state index in [1.165, 1.54) is 4.90 Å². The molecule has 0 spiro atoms. The highest BCUT2D eigenvalue weighted by molar-refractivity contribution is 6.00. The predicted octanol–water partition coefficient (Wildman–Crippen LogP) is 3.55.